The minimum atomic E-state index is -1.27. The number of rotatable bonds is 5. The SMILES string of the molecule is O=C(O)Nc1cc(Nc2cccc(F)c2)nc(C(=O)NC2Cc3ccccc3C2)c1. The van der Waals surface area contributed by atoms with Gasteiger partial charge in [-0.05, 0) is 48.2 Å². The normalized spacial score (nSPS) is 12.8. The second kappa shape index (κ2) is 8.20. The minimum Gasteiger partial charge on any atom is -0.465 e. The molecule has 2 amide bonds. The Morgan fingerprint density at radius 2 is 1.70 bits per heavy atom. The predicted molar refractivity (Wildman–Crippen MR) is 111 cm³/mol. The molecule has 0 atom stereocenters. The lowest BCUT2D eigenvalue weighted by Crippen LogP contribution is -2.35. The summed E-state index contributed by atoms with van der Waals surface area (Å²) < 4.78 is 13.5. The third kappa shape index (κ3) is 4.54. The minimum absolute atomic E-state index is 0.0520. The lowest BCUT2D eigenvalue weighted by molar-refractivity contribution is 0.0933. The van der Waals surface area contributed by atoms with Crippen LogP contribution in [0.2, 0.25) is 0 Å². The van der Waals surface area contributed by atoms with Crippen LogP contribution < -0.4 is 16.0 Å². The van der Waals surface area contributed by atoms with Crippen LogP contribution in [0.3, 0.4) is 0 Å². The monoisotopic (exact) mass is 406 g/mol. The first-order chi connectivity index (χ1) is 14.5. The number of nitrogens with zero attached hydrogens (tertiary/aromatic N) is 1. The average molecular weight is 406 g/mol. The molecule has 1 aromatic heterocycles. The number of pyridine rings is 1. The summed E-state index contributed by atoms with van der Waals surface area (Å²) in [6.07, 6.45) is 0.183. The standard InChI is InChI=1S/C22H19FN4O3/c23-15-6-3-7-16(10-15)24-20-12-18(26-22(29)30)11-19(27-20)21(28)25-17-8-13-4-1-2-5-14(13)9-17/h1-7,10-12,17H,8-9H2,(H,25,28)(H,29,30)(H2,24,26,27). The number of halogens is 1. The maximum absolute atomic E-state index is 13.5. The number of nitrogens with one attached hydrogen (secondary N) is 3. The number of amides is 2. The Kier molecular flexibility index (Phi) is 5.30. The van der Waals surface area contributed by atoms with Crippen LogP contribution in [0.4, 0.5) is 26.4 Å². The van der Waals surface area contributed by atoms with E-state index in [-0.39, 0.29) is 23.2 Å². The molecule has 0 fully saturated rings. The first kappa shape index (κ1) is 19.4. The Hall–Kier alpha value is -3.94. The van der Waals surface area contributed by atoms with Gasteiger partial charge in [0.05, 0.1) is 5.69 Å². The van der Waals surface area contributed by atoms with Crippen LogP contribution in [0.25, 0.3) is 0 Å². The van der Waals surface area contributed by atoms with Gasteiger partial charge in [0.25, 0.3) is 5.91 Å². The molecule has 0 spiro atoms. The van der Waals surface area contributed by atoms with E-state index in [1.54, 1.807) is 6.07 Å². The molecule has 8 heteroatoms. The van der Waals surface area contributed by atoms with Crippen LogP contribution in [0.5, 0.6) is 0 Å². The number of hydrogen-bond acceptors (Lipinski definition) is 4. The Labute approximate surface area is 172 Å². The van der Waals surface area contributed by atoms with Crippen LogP contribution in [0.15, 0.2) is 60.7 Å². The van der Waals surface area contributed by atoms with Gasteiger partial charge in [-0.3, -0.25) is 10.1 Å². The van der Waals surface area contributed by atoms with Gasteiger partial charge in [-0.25, -0.2) is 14.2 Å². The van der Waals surface area contributed by atoms with Gasteiger partial charge in [0.15, 0.2) is 0 Å². The van der Waals surface area contributed by atoms with E-state index in [1.807, 2.05) is 24.3 Å². The maximum Gasteiger partial charge on any atom is 0.409 e. The van der Waals surface area contributed by atoms with Crippen molar-refractivity contribution in [2.75, 3.05) is 10.6 Å². The molecule has 0 unspecified atom stereocenters. The van der Waals surface area contributed by atoms with Crippen LogP contribution in [-0.4, -0.2) is 28.1 Å². The van der Waals surface area contributed by atoms with Crippen molar-refractivity contribution < 1.29 is 19.1 Å². The van der Waals surface area contributed by atoms with E-state index in [2.05, 4.69) is 20.9 Å². The molecular formula is C22H19FN4O3. The number of carbonyl (C=O) groups excluding carboxylic acids is 1. The quantitative estimate of drug-likeness (QED) is 0.514. The van der Waals surface area contributed by atoms with E-state index in [9.17, 15) is 14.0 Å². The highest BCUT2D eigenvalue weighted by molar-refractivity contribution is 5.95. The third-order valence-electron chi connectivity index (χ3n) is 4.79. The molecule has 7 nitrogen and oxygen atoms in total. The molecule has 0 saturated heterocycles. The van der Waals surface area contributed by atoms with E-state index < -0.39 is 17.8 Å². The van der Waals surface area contributed by atoms with Crippen molar-refractivity contribution in [3.05, 3.63) is 83.3 Å². The van der Waals surface area contributed by atoms with Crippen LogP contribution in [0.1, 0.15) is 21.6 Å². The van der Waals surface area contributed by atoms with Gasteiger partial charge >= 0.3 is 6.09 Å². The highest BCUT2D eigenvalue weighted by Gasteiger charge is 2.23. The van der Waals surface area contributed by atoms with Gasteiger partial charge in [0.1, 0.15) is 17.3 Å². The van der Waals surface area contributed by atoms with Gasteiger partial charge < -0.3 is 15.7 Å². The number of carbonyl (C=O) groups is 2. The zero-order valence-corrected chi connectivity index (χ0v) is 15.9. The van der Waals surface area contributed by atoms with Crippen LogP contribution in [-0.2, 0) is 12.8 Å². The second-order valence-electron chi connectivity index (χ2n) is 7.04. The fourth-order valence-corrected chi connectivity index (χ4v) is 3.54. The number of carboxylic acid groups (broad SMARTS) is 1. The van der Waals surface area contributed by atoms with Gasteiger partial charge in [-0.15, -0.1) is 0 Å². The Morgan fingerprint density at radius 3 is 2.37 bits per heavy atom. The molecule has 1 aliphatic rings. The fourth-order valence-electron chi connectivity index (χ4n) is 3.54. The summed E-state index contributed by atoms with van der Waals surface area (Å²) in [4.78, 5) is 28.2. The molecule has 4 N–H and O–H groups in total. The fraction of sp³-hybridized carbons (Fsp3) is 0.136. The van der Waals surface area contributed by atoms with E-state index in [1.165, 1.54) is 41.5 Å². The molecule has 2 aromatic carbocycles. The molecule has 4 rings (SSSR count). The largest absolute Gasteiger partial charge is 0.465 e. The summed E-state index contributed by atoms with van der Waals surface area (Å²) in [6, 6.07) is 16.5. The summed E-state index contributed by atoms with van der Waals surface area (Å²) in [5.41, 5.74) is 3.05. The molecule has 1 aliphatic carbocycles. The lowest BCUT2D eigenvalue weighted by atomic mass is 10.1. The molecule has 30 heavy (non-hydrogen) atoms. The van der Waals surface area contributed by atoms with Crippen molar-refractivity contribution in [3.63, 3.8) is 0 Å². The number of anilines is 3. The number of benzene rings is 2. The summed E-state index contributed by atoms with van der Waals surface area (Å²) in [7, 11) is 0. The van der Waals surface area contributed by atoms with E-state index >= 15 is 0 Å². The Morgan fingerprint density at radius 1 is 0.967 bits per heavy atom. The lowest BCUT2D eigenvalue weighted by Gasteiger charge is -2.14. The van der Waals surface area contributed by atoms with E-state index in [4.69, 9.17) is 5.11 Å². The zero-order valence-electron chi connectivity index (χ0n) is 15.9. The van der Waals surface area contributed by atoms with Crippen molar-refractivity contribution in [1.29, 1.82) is 0 Å². The first-order valence-electron chi connectivity index (χ1n) is 9.38. The zero-order chi connectivity index (χ0) is 21.1. The molecule has 3 aromatic rings. The van der Waals surface area contributed by atoms with E-state index in [0.717, 1.165) is 12.8 Å². The van der Waals surface area contributed by atoms with Crippen LogP contribution >= 0.6 is 0 Å². The van der Waals surface area contributed by atoms with Gasteiger partial charge in [-0.2, -0.15) is 0 Å². The highest BCUT2D eigenvalue weighted by atomic mass is 19.1. The Bertz CT molecular complexity index is 1090. The number of aromatic nitrogens is 1. The molecule has 1 heterocycles. The molecule has 0 saturated carbocycles. The summed E-state index contributed by atoms with van der Waals surface area (Å²) in [5, 5.41) is 17.1. The summed E-state index contributed by atoms with van der Waals surface area (Å²) in [5.74, 6) is -0.630. The predicted octanol–water partition coefficient (Wildman–Crippen LogP) is 3.95. The van der Waals surface area contributed by atoms with Crippen molar-refractivity contribution in [1.82, 2.24) is 10.3 Å². The maximum atomic E-state index is 13.5. The third-order valence-corrected chi connectivity index (χ3v) is 4.79. The van der Waals surface area contributed by atoms with Gasteiger partial charge in [0.2, 0.25) is 0 Å². The summed E-state index contributed by atoms with van der Waals surface area (Å²) in [6.45, 7) is 0. The van der Waals surface area contributed by atoms with Gasteiger partial charge in [0, 0.05) is 17.8 Å². The molecular weight excluding hydrogens is 387 g/mol. The molecule has 0 radical (unpaired) electrons. The highest BCUT2D eigenvalue weighted by Crippen LogP contribution is 2.23. The van der Waals surface area contributed by atoms with Crippen molar-refractivity contribution in [2.24, 2.45) is 0 Å². The first-order valence-corrected chi connectivity index (χ1v) is 9.38. The van der Waals surface area contributed by atoms with Crippen molar-refractivity contribution in [3.8, 4) is 0 Å². The van der Waals surface area contributed by atoms with Crippen LogP contribution in [0, 0.1) is 5.82 Å². The smallest absolute Gasteiger partial charge is 0.409 e. The second-order valence-corrected chi connectivity index (χ2v) is 7.04. The topological polar surface area (TPSA) is 103 Å². The van der Waals surface area contributed by atoms with Crippen molar-refractivity contribution in [2.45, 2.75) is 18.9 Å². The summed E-state index contributed by atoms with van der Waals surface area (Å²) >= 11 is 0. The number of hydrogen-bond donors (Lipinski definition) is 4. The molecule has 0 bridgehead atoms. The number of fused-ring (bicyclic) bond motifs is 1. The van der Waals surface area contributed by atoms with E-state index in [0.29, 0.717) is 5.69 Å². The molecule has 0 aliphatic heterocycles. The van der Waals surface area contributed by atoms with Gasteiger partial charge in [-0.1, -0.05) is 30.3 Å². The molecule has 152 valence electrons. The van der Waals surface area contributed by atoms with Crippen molar-refractivity contribution >= 4 is 29.2 Å². The average Bonchev–Trinajstić information content (AvgIpc) is 3.09. The Balaban J connectivity index is 1.55.